The Morgan fingerprint density at radius 3 is 2.57 bits per heavy atom. The second kappa shape index (κ2) is 6.91. The number of fused-ring (bicyclic) bond motifs is 3. The van der Waals surface area contributed by atoms with Crippen LogP contribution in [0.1, 0.15) is 19.3 Å². The van der Waals surface area contributed by atoms with E-state index in [1.54, 1.807) is 4.57 Å². The van der Waals surface area contributed by atoms with Crippen LogP contribution in [-0.2, 0) is 6.54 Å². The molecule has 8 heteroatoms. The molecule has 4 heterocycles. The van der Waals surface area contributed by atoms with E-state index >= 15 is 0 Å². The third-order valence-electron chi connectivity index (χ3n) is 5.98. The van der Waals surface area contributed by atoms with E-state index in [9.17, 15) is 4.79 Å². The van der Waals surface area contributed by atoms with Gasteiger partial charge in [-0.1, -0.05) is 0 Å². The molecule has 30 heavy (non-hydrogen) atoms. The first-order valence-electron chi connectivity index (χ1n) is 10.2. The van der Waals surface area contributed by atoms with Gasteiger partial charge in [0.1, 0.15) is 0 Å². The monoisotopic (exact) mass is 407 g/mol. The van der Waals surface area contributed by atoms with Gasteiger partial charge in [0.15, 0.2) is 23.0 Å². The lowest BCUT2D eigenvalue weighted by atomic mass is 10.0. The number of rotatable bonds is 4. The van der Waals surface area contributed by atoms with Gasteiger partial charge in [-0.25, -0.2) is 4.79 Å². The fraction of sp³-hybridized carbons (Fsp3) is 0.364. The molecular formula is C22H21N3O5. The Bertz CT molecular complexity index is 1200. The summed E-state index contributed by atoms with van der Waals surface area (Å²) in [6.07, 6.45) is 3.20. The van der Waals surface area contributed by atoms with Crippen molar-refractivity contribution in [3.63, 3.8) is 0 Å². The summed E-state index contributed by atoms with van der Waals surface area (Å²) in [6.45, 7) is 2.01. The van der Waals surface area contributed by atoms with Gasteiger partial charge >= 0.3 is 5.69 Å². The Hall–Kier alpha value is -3.26. The van der Waals surface area contributed by atoms with E-state index in [4.69, 9.17) is 18.9 Å². The van der Waals surface area contributed by atoms with Crippen LogP contribution in [0, 0.1) is 0 Å². The van der Waals surface area contributed by atoms with E-state index in [1.807, 2.05) is 30.3 Å². The highest BCUT2D eigenvalue weighted by atomic mass is 16.7. The standard InChI is InChI=1S/C22H21N3O5/c26-22-24-21(13-3-4-17-18(8-13)28-11-27-17)15-9-19-20(30-12-29-19)10-16(15)25(22)7-5-14-2-1-6-23-14/h3-4,8-10,14,23H,1-2,5-7,11-12H2. The van der Waals surface area contributed by atoms with E-state index in [-0.39, 0.29) is 19.3 Å². The Balaban J connectivity index is 1.50. The largest absolute Gasteiger partial charge is 0.454 e. The van der Waals surface area contributed by atoms with Gasteiger partial charge in [-0.05, 0) is 50.1 Å². The zero-order valence-electron chi connectivity index (χ0n) is 16.3. The van der Waals surface area contributed by atoms with Crippen LogP contribution >= 0.6 is 0 Å². The molecule has 1 atom stereocenters. The number of hydrogen-bond acceptors (Lipinski definition) is 7. The Labute approximate surface area is 172 Å². The first-order valence-corrected chi connectivity index (χ1v) is 10.2. The van der Waals surface area contributed by atoms with Crippen molar-refractivity contribution >= 4 is 10.9 Å². The van der Waals surface area contributed by atoms with Crippen molar-refractivity contribution in [1.29, 1.82) is 0 Å². The van der Waals surface area contributed by atoms with Gasteiger partial charge in [-0.15, -0.1) is 0 Å². The maximum Gasteiger partial charge on any atom is 0.348 e. The van der Waals surface area contributed by atoms with Gasteiger partial charge in [0.05, 0.1) is 11.2 Å². The summed E-state index contributed by atoms with van der Waals surface area (Å²) in [5.41, 5.74) is 1.92. The summed E-state index contributed by atoms with van der Waals surface area (Å²) >= 11 is 0. The molecule has 6 rings (SSSR count). The third-order valence-corrected chi connectivity index (χ3v) is 5.98. The average molecular weight is 407 g/mol. The molecule has 0 spiro atoms. The Kier molecular flexibility index (Phi) is 4.05. The molecule has 1 aromatic heterocycles. The number of aryl methyl sites for hydroxylation is 1. The minimum absolute atomic E-state index is 0.175. The molecule has 0 amide bonds. The molecule has 1 N–H and O–H groups in total. The van der Waals surface area contributed by atoms with Crippen molar-refractivity contribution < 1.29 is 18.9 Å². The van der Waals surface area contributed by atoms with Crippen LogP contribution in [0.3, 0.4) is 0 Å². The van der Waals surface area contributed by atoms with Crippen molar-refractivity contribution in [1.82, 2.24) is 14.9 Å². The molecule has 0 aliphatic carbocycles. The molecule has 1 fully saturated rings. The molecule has 0 radical (unpaired) electrons. The minimum atomic E-state index is -0.271. The molecular weight excluding hydrogens is 386 g/mol. The lowest BCUT2D eigenvalue weighted by Gasteiger charge is -2.16. The van der Waals surface area contributed by atoms with E-state index in [1.165, 1.54) is 6.42 Å². The van der Waals surface area contributed by atoms with Crippen LogP contribution in [0.5, 0.6) is 23.0 Å². The van der Waals surface area contributed by atoms with Crippen molar-refractivity contribution in [2.24, 2.45) is 0 Å². The molecule has 3 aliphatic heterocycles. The first-order chi connectivity index (χ1) is 14.8. The fourth-order valence-electron chi connectivity index (χ4n) is 4.43. The summed E-state index contributed by atoms with van der Waals surface area (Å²) in [5.74, 6) is 2.66. The molecule has 0 saturated carbocycles. The number of benzene rings is 2. The number of nitrogens with zero attached hydrogens (tertiary/aromatic N) is 2. The van der Waals surface area contributed by atoms with E-state index < -0.39 is 0 Å². The molecule has 8 nitrogen and oxygen atoms in total. The van der Waals surface area contributed by atoms with Crippen LogP contribution < -0.4 is 30.0 Å². The number of nitrogens with one attached hydrogen (secondary N) is 1. The minimum Gasteiger partial charge on any atom is -0.454 e. The van der Waals surface area contributed by atoms with Crippen molar-refractivity contribution in [3.8, 4) is 34.3 Å². The van der Waals surface area contributed by atoms with E-state index in [0.29, 0.717) is 41.3 Å². The highest BCUT2D eigenvalue weighted by Crippen LogP contribution is 2.40. The summed E-state index contributed by atoms with van der Waals surface area (Å²) < 4.78 is 23.8. The van der Waals surface area contributed by atoms with E-state index in [0.717, 1.165) is 35.9 Å². The lowest BCUT2D eigenvalue weighted by Crippen LogP contribution is -2.28. The quantitative estimate of drug-likeness (QED) is 0.712. The van der Waals surface area contributed by atoms with Crippen LogP contribution in [0.2, 0.25) is 0 Å². The maximum absolute atomic E-state index is 13.1. The zero-order valence-corrected chi connectivity index (χ0v) is 16.3. The zero-order chi connectivity index (χ0) is 20.1. The van der Waals surface area contributed by atoms with Crippen molar-refractivity contribution in [2.75, 3.05) is 20.1 Å². The summed E-state index contributed by atoms with van der Waals surface area (Å²) in [5, 5.41) is 4.34. The second-order valence-corrected chi connectivity index (χ2v) is 7.77. The van der Waals surface area contributed by atoms with Gasteiger partial charge in [0.2, 0.25) is 13.6 Å². The average Bonchev–Trinajstić information content (AvgIpc) is 3.52. The van der Waals surface area contributed by atoms with Gasteiger partial charge < -0.3 is 24.3 Å². The predicted octanol–water partition coefficient (Wildman–Crippen LogP) is 2.66. The SMILES string of the molecule is O=c1nc(-c2ccc3c(c2)OCO3)c2cc3c(cc2n1CCC1CCCN1)OCO3. The highest BCUT2D eigenvalue weighted by molar-refractivity contribution is 5.95. The predicted molar refractivity (Wildman–Crippen MR) is 109 cm³/mol. The normalized spacial score (nSPS) is 19.0. The molecule has 3 aliphatic rings. The number of ether oxygens (including phenoxy) is 4. The molecule has 1 saturated heterocycles. The Morgan fingerprint density at radius 1 is 1.00 bits per heavy atom. The molecule has 0 bridgehead atoms. The summed E-state index contributed by atoms with van der Waals surface area (Å²) in [7, 11) is 0. The van der Waals surface area contributed by atoms with Crippen molar-refractivity contribution in [2.45, 2.75) is 31.8 Å². The van der Waals surface area contributed by atoms with Gasteiger partial charge in [0, 0.05) is 29.6 Å². The van der Waals surface area contributed by atoms with Crippen LogP contribution in [0.25, 0.3) is 22.2 Å². The van der Waals surface area contributed by atoms with Crippen LogP contribution in [-0.4, -0.2) is 35.7 Å². The van der Waals surface area contributed by atoms with Gasteiger partial charge in [0.25, 0.3) is 0 Å². The van der Waals surface area contributed by atoms with Gasteiger partial charge in [-0.2, -0.15) is 4.98 Å². The van der Waals surface area contributed by atoms with Crippen molar-refractivity contribution in [3.05, 3.63) is 40.8 Å². The number of hydrogen-bond donors (Lipinski definition) is 1. The first kappa shape index (κ1) is 17.6. The molecule has 3 aromatic rings. The summed E-state index contributed by atoms with van der Waals surface area (Å²) in [6, 6.07) is 9.84. The molecule has 1 unspecified atom stereocenters. The lowest BCUT2D eigenvalue weighted by molar-refractivity contribution is 0.173. The van der Waals surface area contributed by atoms with Crippen LogP contribution in [0.15, 0.2) is 35.1 Å². The molecule has 2 aromatic carbocycles. The fourth-order valence-corrected chi connectivity index (χ4v) is 4.43. The van der Waals surface area contributed by atoms with E-state index in [2.05, 4.69) is 10.3 Å². The van der Waals surface area contributed by atoms with Crippen LogP contribution in [0.4, 0.5) is 0 Å². The van der Waals surface area contributed by atoms with Gasteiger partial charge in [-0.3, -0.25) is 4.57 Å². The number of aromatic nitrogens is 2. The second-order valence-electron chi connectivity index (χ2n) is 7.77. The summed E-state index contributed by atoms with van der Waals surface area (Å²) in [4.78, 5) is 17.5. The Morgan fingerprint density at radius 2 is 1.77 bits per heavy atom. The molecule has 154 valence electrons. The maximum atomic E-state index is 13.1. The smallest absolute Gasteiger partial charge is 0.348 e. The topological polar surface area (TPSA) is 83.8 Å². The highest BCUT2D eigenvalue weighted by Gasteiger charge is 2.22. The third kappa shape index (κ3) is 2.87.